The van der Waals surface area contributed by atoms with Crippen LogP contribution in [0.4, 0.5) is 5.13 Å². The molecule has 0 radical (unpaired) electrons. The number of thiazole rings is 1. The highest BCUT2D eigenvalue weighted by atomic mass is 35.5. The summed E-state index contributed by atoms with van der Waals surface area (Å²) in [6, 6.07) is 10.9. The van der Waals surface area contributed by atoms with Crippen molar-refractivity contribution in [3.63, 3.8) is 0 Å². The Bertz CT molecular complexity index is 880. The number of aromatic nitrogens is 1. The molecule has 3 rings (SSSR count). The van der Waals surface area contributed by atoms with E-state index in [1.54, 1.807) is 30.0 Å². The number of hydrogen-bond donors (Lipinski definition) is 1. The van der Waals surface area contributed by atoms with Gasteiger partial charge in [-0.15, -0.1) is 11.8 Å². The van der Waals surface area contributed by atoms with Crippen molar-refractivity contribution in [3.05, 3.63) is 47.0 Å². The van der Waals surface area contributed by atoms with Gasteiger partial charge in [-0.05, 0) is 36.6 Å². The summed E-state index contributed by atoms with van der Waals surface area (Å²) in [5, 5.41) is 3.85. The molecule has 0 fully saturated rings. The van der Waals surface area contributed by atoms with Crippen molar-refractivity contribution in [1.29, 1.82) is 0 Å². The normalized spacial score (nSPS) is 10.7. The van der Waals surface area contributed by atoms with Crippen LogP contribution < -0.4 is 10.1 Å². The largest absolute Gasteiger partial charge is 0.496 e. The zero-order valence-electron chi connectivity index (χ0n) is 12.4. The van der Waals surface area contributed by atoms with Crippen LogP contribution >= 0.6 is 34.7 Å². The highest BCUT2D eigenvalue weighted by molar-refractivity contribution is 7.98. The first-order chi connectivity index (χ1) is 11.1. The van der Waals surface area contributed by atoms with E-state index in [1.807, 2.05) is 24.5 Å². The number of nitrogens with zero attached hydrogens (tertiary/aromatic N) is 1. The molecule has 1 N–H and O–H groups in total. The van der Waals surface area contributed by atoms with Crippen molar-refractivity contribution in [2.24, 2.45) is 0 Å². The van der Waals surface area contributed by atoms with Crippen LogP contribution in [0.2, 0.25) is 5.02 Å². The molecule has 1 heterocycles. The van der Waals surface area contributed by atoms with Gasteiger partial charge in [0.25, 0.3) is 5.91 Å². The van der Waals surface area contributed by atoms with Gasteiger partial charge in [0.15, 0.2) is 5.13 Å². The lowest BCUT2D eigenvalue weighted by atomic mass is 10.2. The third-order valence-corrected chi connectivity index (χ3v) is 5.17. The lowest BCUT2D eigenvalue weighted by Crippen LogP contribution is -2.13. The highest BCUT2D eigenvalue weighted by Gasteiger charge is 2.16. The van der Waals surface area contributed by atoms with E-state index in [2.05, 4.69) is 10.3 Å². The maximum atomic E-state index is 12.5. The molecule has 118 valence electrons. The number of amides is 1. The Morgan fingerprint density at radius 1 is 1.35 bits per heavy atom. The van der Waals surface area contributed by atoms with Crippen LogP contribution in [0.25, 0.3) is 10.2 Å². The van der Waals surface area contributed by atoms with E-state index < -0.39 is 0 Å². The second-order valence-electron chi connectivity index (χ2n) is 4.62. The van der Waals surface area contributed by atoms with Gasteiger partial charge >= 0.3 is 0 Å². The maximum absolute atomic E-state index is 12.5. The monoisotopic (exact) mass is 364 g/mol. The lowest BCUT2D eigenvalue weighted by Gasteiger charge is -2.08. The smallest absolute Gasteiger partial charge is 0.261 e. The van der Waals surface area contributed by atoms with Gasteiger partial charge in [0.05, 0.1) is 22.9 Å². The minimum Gasteiger partial charge on any atom is -0.496 e. The first kappa shape index (κ1) is 16.1. The summed E-state index contributed by atoms with van der Waals surface area (Å²) in [6.07, 6.45) is 2.00. The molecule has 2 aromatic carbocycles. The molecule has 0 bridgehead atoms. The van der Waals surface area contributed by atoms with Gasteiger partial charge in [0, 0.05) is 9.92 Å². The van der Waals surface area contributed by atoms with Crippen molar-refractivity contribution in [3.8, 4) is 5.75 Å². The van der Waals surface area contributed by atoms with Gasteiger partial charge in [-0.25, -0.2) is 4.98 Å². The van der Waals surface area contributed by atoms with Gasteiger partial charge in [-0.1, -0.05) is 29.0 Å². The van der Waals surface area contributed by atoms with Crippen LogP contribution in [-0.4, -0.2) is 24.3 Å². The molecule has 0 aliphatic heterocycles. The molecule has 0 saturated carbocycles. The molecule has 0 aliphatic rings. The van der Waals surface area contributed by atoms with Gasteiger partial charge in [0.1, 0.15) is 5.75 Å². The second-order valence-corrected chi connectivity index (χ2v) is 6.94. The number of ether oxygens (including phenoxy) is 1. The van der Waals surface area contributed by atoms with E-state index in [9.17, 15) is 4.79 Å². The molecule has 3 aromatic rings. The molecule has 23 heavy (non-hydrogen) atoms. The Balaban J connectivity index is 1.93. The van der Waals surface area contributed by atoms with E-state index in [-0.39, 0.29) is 5.91 Å². The molecule has 0 spiro atoms. The Kier molecular flexibility index (Phi) is 4.75. The van der Waals surface area contributed by atoms with E-state index in [4.69, 9.17) is 16.3 Å². The summed E-state index contributed by atoms with van der Waals surface area (Å²) in [4.78, 5) is 18.1. The number of carbonyl (C=O) groups is 1. The summed E-state index contributed by atoms with van der Waals surface area (Å²) in [5.41, 5.74) is 1.28. The van der Waals surface area contributed by atoms with Gasteiger partial charge < -0.3 is 4.74 Å². The Morgan fingerprint density at radius 2 is 2.17 bits per heavy atom. The van der Waals surface area contributed by atoms with Crippen molar-refractivity contribution in [1.82, 2.24) is 4.98 Å². The minimum absolute atomic E-state index is 0.297. The van der Waals surface area contributed by atoms with Crippen molar-refractivity contribution in [2.45, 2.75) is 4.90 Å². The van der Waals surface area contributed by atoms with E-state index >= 15 is 0 Å². The van der Waals surface area contributed by atoms with Gasteiger partial charge in [-0.3, -0.25) is 10.1 Å². The number of anilines is 1. The lowest BCUT2D eigenvalue weighted by molar-refractivity contribution is 0.102. The first-order valence-electron chi connectivity index (χ1n) is 6.71. The highest BCUT2D eigenvalue weighted by Crippen LogP contribution is 2.33. The number of methoxy groups -OCH3 is 1. The van der Waals surface area contributed by atoms with E-state index in [0.29, 0.717) is 21.5 Å². The molecule has 0 atom stereocenters. The van der Waals surface area contributed by atoms with Crippen LogP contribution in [0.5, 0.6) is 5.75 Å². The summed E-state index contributed by atoms with van der Waals surface area (Å²) >= 11 is 9.04. The Hall–Kier alpha value is -1.76. The molecule has 0 unspecified atom stereocenters. The standard InChI is InChI=1S/C16H13ClN2O2S2/c1-21-11-7-6-9(17)8-10(11)15(20)19-16-18-14-12(22-2)4-3-5-13(14)23-16/h3-8H,1-2H3,(H,18,19,20). The van der Waals surface area contributed by atoms with Crippen molar-refractivity contribution in [2.75, 3.05) is 18.7 Å². The predicted octanol–water partition coefficient (Wildman–Crippen LogP) is 4.93. The van der Waals surface area contributed by atoms with E-state index in [1.165, 1.54) is 18.4 Å². The van der Waals surface area contributed by atoms with Crippen LogP contribution in [0.1, 0.15) is 10.4 Å². The van der Waals surface area contributed by atoms with Crippen LogP contribution in [0.15, 0.2) is 41.3 Å². The zero-order valence-corrected chi connectivity index (χ0v) is 14.8. The summed E-state index contributed by atoms with van der Waals surface area (Å²) in [7, 11) is 1.52. The summed E-state index contributed by atoms with van der Waals surface area (Å²) in [6.45, 7) is 0. The molecular formula is C16H13ClN2O2S2. The molecule has 1 aromatic heterocycles. The number of thioether (sulfide) groups is 1. The zero-order chi connectivity index (χ0) is 16.4. The number of benzene rings is 2. The Labute approximate surface area is 146 Å². The second kappa shape index (κ2) is 6.78. The number of rotatable bonds is 4. The van der Waals surface area contributed by atoms with Gasteiger partial charge in [0.2, 0.25) is 0 Å². The predicted molar refractivity (Wildman–Crippen MR) is 97.4 cm³/mol. The topological polar surface area (TPSA) is 51.2 Å². The number of hydrogen-bond acceptors (Lipinski definition) is 5. The SMILES string of the molecule is COc1ccc(Cl)cc1C(=O)Nc1nc2c(SC)cccc2s1. The van der Waals surface area contributed by atoms with Crippen molar-refractivity contribution < 1.29 is 9.53 Å². The number of halogens is 1. The molecule has 7 heteroatoms. The number of para-hydroxylation sites is 1. The number of nitrogens with one attached hydrogen (secondary N) is 1. The van der Waals surface area contributed by atoms with Crippen molar-refractivity contribution >= 4 is 56.0 Å². The third kappa shape index (κ3) is 3.29. The van der Waals surface area contributed by atoms with Crippen LogP contribution in [0, 0.1) is 0 Å². The average molecular weight is 365 g/mol. The first-order valence-corrected chi connectivity index (χ1v) is 9.12. The average Bonchev–Trinajstić information content (AvgIpc) is 2.96. The molecule has 1 amide bonds. The molecular weight excluding hydrogens is 352 g/mol. The quantitative estimate of drug-likeness (QED) is 0.667. The fourth-order valence-corrected chi connectivity index (χ4v) is 3.85. The molecule has 0 saturated heterocycles. The molecule has 4 nitrogen and oxygen atoms in total. The van der Waals surface area contributed by atoms with Gasteiger partial charge in [-0.2, -0.15) is 0 Å². The Morgan fingerprint density at radius 3 is 2.91 bits per heavy atom. The number of fused-ring (bicyclic) bond motifs is 1. The third-order valence-electron chi connectivity index (χ3n) is 3.23. The summed E-state index contributed by atoms with van der Waals surface area (Å²) < 4.78 is 6.25. The molecule has 0 aliphatic carbocycles. The minimum atomic E-state index is -0.297. The van der Waals surface area contributed by atoms with E-state index in [0.717, 1.165) is 15.1 Å². The fraction of sp³-hybridized carbons (Fsp3) is 0.125. The van der Waals surface area contributed by atoms with Crippen LogP contribution in [0.3, 0.4) is 0 Å². The number of carbonyl (C=O) groups excluding carboxylic acids is 1. The fourth-order valence-electron chi connectivity index (χ4n) is 2.16. The van der Waals surface area contributed by atoms with Crippen LogP contribution in [-0.2, 0) is 0 Å². The summed E-state index contributed by atoms with van der Waals surface area (Å²) in [5.74, 6) is 0.173. The maximum Gasteiger partial charge on any atom is 0.261 e.